The number of amides is 1. The van der Waals surface area contributed by atoms with Crippen LogP contribution in [0, 0.1) is 6.92 Å². The summed E-state index contributed by atoms with van der Waals surface area (Å²) >= 11 is 0. The molecule has 1 aliphatic heterocycles. The summed E-state index contributed by atoms with van der Waals surface area (Å²) in [6.45, 7) is 1.90. The normalized spacial score (nSPS) is 18.3. The average Bonchev–Trinajstić information content (AvgIpc) is 2.41. The molecule has 0 bridgehead atoms. The number of aryl methyl sites for hydroxylation is 1. The van der Waals surface area contributed by atoms with E-state index >= 15 is 0 Å². The van der Waals surface area contributed by atoms with Gasteiger partial charge in [-0.1, -0.05) is 18.2 Å². The Kier molecular flexibility index (Phi) is 2.80. The number of aromatic nitrogens is 1. The molecule has 0 saturated carbocycles. The largest absolute Gasteiger partial charge is 0.373 e. The van der Waals surface area contributed by atoms with E-state index < -0.39 is 6.23 Å². The molecule has 4 heteroatoms. The number of benzene rings is 1. The number of hydrogen-bond donors (Lipinski definition) is 1. The van der Waals surface area contributed by atoms with E-state index in [1.807, 2.05) is 31.2 Å². The quantitative estimate of drug-likeness (QED) is 0.845. The third-order valence-electron chi connectivity index (χ3n) is 3.44. The number of rotatable bonds is 1. The highest BCUT2D eigenvalue weighted by atomic mass is 16.3. The zero-order chi connectivity index (χ0) is 13.4. The lowest BCUT2D eigenvalue weighted by Crippen LogP contribution is -2.46. The highest BCUT2D eigenvalue weighted by Gasteiger charge is 2.32. The molecule has 1 aliphatic rings. The molecule has 96 valence electrons. The second-order valence-corrected chi connectivity index (χ2v) is 4.68. The Morgan fingerprint density at radius 1 is 1.32 bits per heavy atom. The minimum Gasteiger partial charge on any atom is -0.373 e. The maximum absolute atomic E-state index is 12.5. The van der Waals surface area contributed by atoms with Crippen LogP contribution in [0.1, 0.15) is 21.5 Å². The highest BCUT2D eigenvalue weighted by Crippen LogP contribution is 2.28. The monoisotopic (exact) mass is 254 g/mol. The molecule has 0 spiro atoms. The van der Waals surface area contributed by atoms with Gasteiger partial charge in [0.05, 0.1) is 11.9 Å². The first-order valence-electron chi connectivity index (χ1n) is 6.18. The van der Waals surface area contributed by atoms with Crippen LogP contribution in [0.2, 0.25) is 0 Å². The Morgan fingerprint density at radius 2 is 2.11 bits per heavy atom. The van der Waals surface area contributed by atoms with Crippen LogP contribution in [0.25, 0.3) is 0 Å². The van der Waals surface area contributed by atoms with Crippen molar-refractivity contribution in [3.63, 3.8) is 0 Å². The van der Waals surface area contributed by atoms with E-state index in [0.29, 0.717) is 17.7 Å². The Hall–Kier alpha value is -2.20. The van der Waals surface area contributed by atoms with Gasteiger partial charge in [0.2, 0.25) is 0 Å². The molecule has 1 amide bonds. The van der Waals surface area contributed by atoms with Crippen molar-refractivity contribution in [2.75, 3.05) is 4.90 Å². The van der Waals surface area contributed by atoms with Gasteiger partial charge in [-0.3, -0.25) is 14.7 Å². The van der Waals surface area contributed by atoms with E-state index in [1.165, 1.54) is 4.90 Å². The van der Waals surface area contributed by atoms with Crippen LogP contribution in [-0.4, -0.2) is 22.2 Å². The molecule has 2 aromatic rings. The molecule has 0 fully saturated rings. The molecule has 3 rings (SSSR count). The molecule has 1 unspecified atom stereocenters. The van der Waals surface area contributed by atoms with Crippen LogP contribution in [0.15, 0.2) is 42.7 Å². The van der Waals surface area contributed by atoms with Gasteiger partial charge in [-0.2, -0.15) is 0 Å². The smallest absolute Gasteiger partial charge is 0.260 e. The Bertz CT molecular complexity index is 640. The van der Waals surface area contributed by atoms with Crippen molar-refractivity contribution in [2.45, 2.75) is 19.6 Å². The third kappa shape index (κ3) is 1.90. The summed E-state index contributed by atoms with van der Waals surface area (Å²) in [5.74, 6) is -0.176. The fraction of sp³-hybridized carbons (Fsp3) is 0.200. The summed E-state index contributed by atoms with van der Waals surface area (Å²) in [5.41, 5.74) is 3.12. The predicted molar refractivity (Wildman–Crippen MR) is 71.9 cm³/mol. The predicted octanol–water partition coefficient (Wildman–Crippen LogP) is 1.91. The van der Waals surface area contributed by atoms with Crippen LogP contribution in [-0.2, 0) is 6.42 Å². The van der Waals surface area contributed by atoms with Crippen molar-refractivity contribution in [2.24, 2.45) is 0 Å². The number of anilines is 1. The SMILES string of the molecule is Cc1ccncc1N1C(=O)c2ccccc2CC1O. The van der Waals surface area contributed by atoms with Gasteiger partial charge < -0.3 is 5.11 Å². The molecule has 0 aliphatic carbocycles. The van der Waals surface area contributed by atoms with Crippen molar-refractivity contribution in [1.82, 2.24) is 4.98 Å². The van der Waals surface area contributed by atoms with Crippen LogP contribution in [0.4, 0.5) is 5.69 Å². The number of hydrogen-bond acceptors (Lipinski definition) is 3. The minimum atomic E-state index is -0.842. The number of carbonyl (C=O) groups excluding carboxylic acids is 1. The number of pyridine rings is 1. The Morgan fingerprint density at radius 3 is 2.89 bits per heavy atom. The van der Waals surface area contributed by atoms with Crippen molar-refractivity contribution < 1.29 is 9.90 Å². The molecule has 0 radical (unpaired) electrons. The maximum Gasteiger partial charge on any atom is 0.260 e. The van der Waals surface area contributed by atoms with Crippen LogP contribution < -0.4 is 4.90 Å². The molecule has 2 heterocycles. The number of aliphatic hydroxyl groups excluding tert-OH is 1. The topological polar surface area (TPSA) is 53.4 Å². The number of fused-ring (bicyclic) bond motifs is 1. The second kappa shape index (κ2) is 4.48. The van der Waals surface area contributed by atoms with Crippen molar-refractivity contribution in [1.29, 1.82) is 0 Å². The number of nitrogens with zero attached hydrogens (tertiary/aromatic N) is 2. The van der Waals surface area contributed by atoms with Crippen molar-refractivity contribution in [3.8, 4) is 0 Å². The van der Waals surface area contributed by atoms with Crippen LogP contribution in [0.5, 0.6) is 0 Å². The first-order chi connectivity index (χ1) is 9.18. The zero-order valence-corrected chi connectivity index (χ0v) is 10.6. The van der Waals surface area contributed by atoms with Crippen LogP contribution >= 0.6 is 0 Å². The summed E-state index contributed by atoms with van der Waals surface area (Å²) in [7, 11) is 0. The molecule has 1 atom stereocenters. The lowest BCUT2D eigenvalue weighted by atomic mass is 9.97. The fourth-order valence-corrected chi connectivity index (χ4v) is 2.44. The van der Waals surface area contributed by atoms with Gasteiger partial charge in [0.1, 0.15) is 6.23 Å². The third-order valence-corrected chi connectivity index (χ3v) is 3.44. The first-order valence-corrected chi connectivity index (χ1v) is 6.18. The van der Waals surface area contributed by atoms with E-state index in [1.54, 1.807) is 18.5 Å². The molecular formula is C15H14N2O2. The van der Waals surface area contributed by atoms with Crippen LogP contribution in [0.3, 0.4) is 0 Å². The van der Waals surface area contributed by atoms with Gasteiger partial charge in [-0.15, -0.1) is 0 Å². The van der Waals surface area contributed by atoms with Gasteiger partial charge >= 0.3 is 0 Å². The van der Waals surface area contributed by atoms with E-state index in [4.69, 9.17) is 0 Å². The summed E-state index contributed by atoms with van der Waals surface area (Å²) in [6.07, 6.45) is 2.89. The van der Waals surface area contributed by atoms with E-state index in [9.17, 15) is 9.90 Å². The van der Waals surface area contributed by atoms with Gasteiger partial charge in [-0.05, 0) is 30.2 Å². The standard InChI is InChI=1S/C15H14N2O2/c1-10-6-7-16-9-13(10)17-14(18)8-11-4-2-3-5-12(11)15(17)19/h2-7,9,14,18H,8H2,1H3. The zero-order valence-electron chi connectivity index (χ0n) is 10.6. The van der Waals surface area contributed by atoms with Gasteiger partial charge in [-0.25, -0.2) is 0 Å². The lowest BCUT2D eigenvalue weighted by Gasteiger charge is -2.33. The summed E-state index contributed by atoms with van der Waals surface area (Å²) in [6, 6.07) is 9.22. The van der Waals surface area contributed by atoms with Gasteiger partial charge in [0.25, 0.3) is 5.91 Å². The summed E-state index contributed by atoms with van der Waals surface area (Å²) in [4.78, 5) is 18.0. The molecule has 0 saturated heterocycles. The molecule has 4 nitrogen and oxygen atoms in total. The van der Waals surface area contributed by atoms with E-state index in [2.05, 4.69) is 4.98 Å². The summed E-state index contributed by atoms with van der Waals surface area (Å²) < 4.78 is 0. The molecule has 19 heavy (non-hydrogen) atoms. The second-order valence-electron chi connectivity index (χ2n) is 4.68. The highest BCUT2D eigenvalue weighted by molar-refractivity contribution is 6.08. The van der Waals surface area contributed by atoms with Gasteiger partial charge in [0, 0.05) is 18.2 Å². The van der Waals surface area contributed by atoms with Gasteiger partial charge in [0.15, 0.2) is 0 Å². The van der Waals surface area contributed by atoms with E-state index in [0.717, 1.165) is 11.1 Å². The Balaban J connectivity index is 2.10. The Labute approximate surface area is 111 Å². The van der Waals surface area contributed by atoms with E-state index in [-0.39, 0.29) is 5.91 Å². The number of carbonyl (C=O) groups is 1. The molecule has 1 aromatic heterocycles. The average molecular weight is 254 g/mol. The first kappa shape index (κ1) is 11.9. The fourth-order valence-electron chi connectivity index (χ4n) is 2.44. The maximum atomic E-state index is 12.5. The molecular weight excluding hydrogens is 240 g/mol. The van der Waals surface area contributed by atoms with Crippen molar-refractivity contribution in [3.05, 3.63) is 59.4 Å². The van der Waals surface area contributed by atoms with Crippen molar-refractivity contribution >= 4 is 11.6 Å². The molecule has 1 aromatic carbocycles. The lowest BCUT2D eigenvalue weighted by molar-refractivity contribution is 0.0860. The molecule has 1 N–H and O–H groups in total. The number of aliphatic hydroxyl groups is 1. The minimum absolute atomic E-state index is 0.176. The summed E-state index contributed by atoms with van der Waals surface area (Å²) in [5, 5.41) is 10.2.